The minimum absolute atomic E-state index is 0.0281. The number of hydrogen-bond acceptors (Lipinski definition) is 6. The van der Waals surface area contributed by atoms with Crippen molar-refractivity contribution in [2.24, 2.45) is 0 Å². The van der Waals surface area contributed by atoms with Crippen LogP contribution in [0.4, 0.5) is 6.01 Å². The standard InChI is InChI=1S/C14H11N3O3S/c1-21-10-6-4-9(5-7-10)13-16-17-14(20-13)15-12(18)11-3-2-8-19-11/h2-8H,1H3,(H,15,17,18). The normalized spacial score (nSPS) is 10.5. The van der Waals surface area contributed by atoms with E-state index in [0.29, 0.717) is 5.89 Å². The fourth-order valence-corrected chi connectivity index (χ4v) is 2.10. The second kappa shape index (κ2) is 5.84. The molecule has 1 N–H and O–H groups in total. The van der Waals surface area contributed by atoms with Crippen LogP contribution in [-0.4, -0.2) is 22.4 Å². The molecule has 0 saturated carbocycles. The Morgan fingerprint density at radius 3 is 2.67 bits per heavy atom. The summed E-state index contributed by atoms with van der Waals surface area (Å²) in [5.41, 5.74) is 0.791. The number of carbonyl (C=O) groups excluding carboxylic acids is 1. The zero-order valence-corrected chi connectivity index (χ0v) is 11.9. The molecular formula is C14H11N3O3S. The number of furan rings is 1. The Morgan fingerprint density at radius 1 is 1.19 bits per heavy atom. The smallest absolute Gasteiger partial charge is 0.322 e. The molecule has 3 rings (SSSR count). The SMILES string of the molecule is CSc1ccc(-c2nnc(NC(=O)c3ccco3)o2)cc1. The van der Waals surface area contributed by atoms with Gasteiger partial charge in [0.1, 0.15) is 0 Å². The average molecular weight is 301 g/mol. The summed E-state index contributed by atoms with van der Waals surface area (Å²) in [6, 6.07) is 10.9. The van der Waals surface area contributed by atoms with Crippen molar-refractivity contribution in [3.05, 3.63) is 48.4 Å². The van der Waals surface area contributed by atoms with E-state index in [1.807, 2.05) is 30.5 Å². The summed E-state index contributed by atoms with van der Waals surface area (Å²) in [5, 5.41) is 10.2. The first kappa shape index (κ1) is 13.4. The molecule has 0 aliphatic heterocycles. The van der Waals surface area contributed by atoms with Crippen molar-refractivity contribution in [3.63, 3.8) is 0 Å². The first-order valence-corrected chi connectivity index (χ1v) is 7.31. The lowest BCUT2D eigenvalue weighted by molar-refractivity contribution is 0.0994. The molecule has 0 aliphatic carbocycles. The molecule has 0 radical (unpaired) electrons. The van der Waals surface area contributed by atoms with E-state index < -0.39 is 5.91 Å². The quantitative estimate of drug-likeness (QED) is 0.745. The summed E-state index contributed by atoms with van der Waals surface area (Å²) < 4.78 is 10.4. The van der Waals surface area contributed by atoms with Gasteiger partial charge in [-0.1, -0.05) is 5.10 Å². The van der Waals surface area contributed by atoms with Gasteiger partial charge in [0, 0.05) is 10.5 Å². The number of thioether (sulfide) groups is 1. The number of rotatable bonds is 4. The Balaban J connectivity index is 1.75. The number of aromatic nitrogens is 2. The summed E-state index contributed by atoms with van der Waals surface area (Å²) in [7, 11) is 0. The molecule has 2 heterocycles. The molecule has 21 heavy (non-hydrogen) atoms. The van der Waals surface area contributed by atoms with E-state index in [1.54, 1.807) is 23.9 Å². The number of benzene rings is 1. The third-order valence-corrected chi connectivity index (χ3v) is 3.47. The molecular weight excluding hydrogens is 290 g/mol. The number of anilines is 1. The lowest BCUT2D eigenvalue weighted by Crippen LogP contribution is -2.10. The molecule has 1 amide bonds. The van der Waals surface area contributed by atoms with Gasteiger partial charge in [-0.05, 0) is 42.7 Å². The maximum absolute atomic E-state index is 11.8. The minimum Gasteiger partial charge on any atom is -0.459 e. The minimum atomic E-state index is -0.437. The highest BCUT2D eigenvalue weighted by Crippen LogP contribution is 2.23. The Bertz CT molecular complexity index is 735. The molecule has 106 valence electrons. The van der Waals surface area contributed by atoms with Crippen LogP contribution in [0.1, 0.15) is 10.6 Å². The molecule has 0 spiro atoms. The Labute approximate surface area is 124 Å². The van der Waals surface area contributed by atoms with Crippen LogP contribution in [-0.2, 0) is 0 Å². The van der Waals surface area contributed by atoms with E-state index >= 15 is 0 Å². The fraction of sp³-hybridized carbons (Fsp3) is 0.0714. The van der Waals surface area contributed by atoms with Crippen LogP contribution in [0.5, 0.6) is 0 Å². The molecule has 7 heteroatoms. The Hall–Kier alpha value is -2.54. The van der Waals surface area contributed by atoms with E-state index in [4.69, 9.17) is 8.83 Å². The lowest BCUT2D eigenvalue weighted by Gasteiger charge is -1.98. The van der Waals surface area contributed by atoms with Crippen LogP contribution in [0, 0.1) is 0 Å². The Kier molecular flexibility index (Phi) is 3.74. The number of carbonyl (C=O) groups is 1. The summed E-state index contributed by atoms with van der Waals surface area (Å²) >= 11 is 1.65. The van der Waals surface area contributed by atoms with Gasteiger partial charge >= 0.3 is 6.01 Å². The maximum Gasteiger partial charge on any atom is 0.322 e. The second-order valence-electron chi connectivity index (χ2n) is 4.07. The molecule has 0 bridgehead atoms. The van der Waals surface area contributed by atoms with Gasteiger partial charge in [-0.15, -0.1) is 16.9 Å². The number of nitrogens with zero attached hydrogens (tertiary/aromatic N) is 2. The summed E-state index contributed by atoms with van der Waals surface area (Å²) in [4.78, 5) is 12.9. The van der Waals surface area contributed by atoms with Gasteiger partial charge in [-0.25, -0.2) is 0 Å². The van der Waals surface area contributed by atoms with Crippen molar-refractivity contribution in [1.82, 2.24) is 10.2 Å². The van der Waals surface area contributed by atoms with Crippen molar-refractivity contribution in [1.29, 1.82) is 0 Å². The maximum atomic E-state index is 11.8. The zero-order chi connectivity index (χ0) is 14.7. The zero-order valence-electron chi connectivity index (χ0n) is 11.1. The predicted molar refractivity (Wildman–Crippen MR) is 78.2 cm³/mol. The molecule has 2 aromatic heterocycles. The van der Waals surface area contributed by atoms with Gasteiger partial charge < -0.3 is 8.83 Å². The molecule has 3 aromatic rings. The van der Waals surface area contributed by atoms with E-state index in [1.165, 1.54) is 6.26 Å². The van der Waals surface area contributed by atoms with Gasteiger partial charge in [0.25, 0.3) is 5.91 Å². The summed E-state index contributed by atoms with van der Waals surface area (Å²) in [5.74, 6) is 0.0874. The van der Waals surface area contributed by atoms with E-state index in [0.717, 1.165) is 10.5 Å². The van der Waals surface area contributed by atoms with Crippen LogP contribution in [0.25, 0.3) is 11.5 Å². The van der Waals surface area contributed by atoms with Crippen molar-refractivity contribution in [2.45, 2.75) is 4.90 Å². The monoisotopic (exact) mass is 301 g/mol. The van der Waals surface area contributed by atoms with E-state index in [9.17, 15) is 4.79 Å². The van der Waals surface area contributed by atoms with Crippen LogP contribution in [0.15, 0.2) is 56.4 Å². The van der Waals surface area contributed by atoms with Gasteiger partial charge in [0.05, 0.1) is 6.26 Å². The van der Waals surface area contributed by atoms with Crippen molar-refractivity contribution >= 4 is 23.7 Å². The molecule has 0 aliphatic rings. The fourth-order valence-electron chi connectivity index (χ4n) is 1.69. The summed E-state index contributed by atoms with van der Waals surface area (Å²) in [6.07, 6.45) is 3.42. The van der Waals surface area contributed by atoms with Gasteiger partial charge in [0.15, 0.2) is 5.76 Å². The number of amides is 1. The highest BCUT2D eigenvalue weighted by molar-refractivity contribution is 7.98. The largest absolute Gasteiger partial charge is 0.459 e. The third kappa shape index (κ3) is 2.97. The second-order valence-corrected chi connectivity index (χ2v) is 4.95. The molecule has 1 aromatic carbocycles. The lowest BCUT2D eigenvalue weighted by atomic mass is 10.2. The van der Waals surface area contributed by atoms with Gasteiger partial charge in [-0.3, -0.25) is 10.1 Å². The van der Waals surface area contributed by atoms with E-state index in [-0.39, 0.29) is 11.8 Å². The molecule has 0 unspecified atom stereocenters. The number of nitrogens with one attached hydrogen (secondary N) is 1. The van der Waals surface area contributed by atoms with Crippen molar-refractivity contribution in [2.75, 3.05) is 11.6 Å². The van der Waals surface area contributed by atoms with Crippen LogP contribution in [0.2, 0.25) is 0 Å². The highest BCUT2D eigenvalue weighted by Gasteiger charge is 2.14. The summed E-state index contributed by atoms with van der Waals surface area (Å²) in [6.45, 7) is 0. The first-order chi connectivity index (χ1) is 10.3. The van der Waals surface area contributed by atoms with Gasteiger partial charge in [0.2, 0.25) is 5.89 Å². The average Bonchev–Trinajstić information content (AvgIpc) is 3.19. The molecule has 0 atom stereocenters. The molecule has 0 saturated heterocycles. The van der Waals surface area contributed by atoms with Crippen LogP contribution >= 0.6 is 11.8 Å². The first-order valence-electron chi connectivity index (χ1n) is 6.09. The van der Waals surface area contributed by atoms with Crippen molar-refractivity contribution in [3.8, 4) is 11.5 Å². The predicted octanol–water partition coefficient (Wildman–Crippen LogP) is 3.30. The highest BCUT2D eigenvalue weighted by atomic mass is 32.2. The number of hydrogen-bond donors (Lipinski definition) is 1. The van der Waals surface area contributed by atoms with E-state index in [2.05, 4.69) is 15.5 Å². The molecule has 6 nitrogen and oxygen atoms in total. The van der Waals surface area contributed by atoms with Crippen molar-refractivity contribution < 1.29 is 13.6 Å². The topological polar surface area (TPSA) is 81.2 Å². The van der Waals surface area contributed by atoms with Crippen LogP contribution in [0.3, 0.4) is 0 Å². The third-order valence-electron chi connectivity index (χ3n) is 2.73. The van der Waals surface area contributed by atoms with Gasteiger partial charge in [-0.2, -0.15) is 0 Å². The van der Waals surface area contributed by atoms with Crippen LogP contribution < -0.4 is 5.32 Å². The Morgan fingerprint density at radius 2 is 2.00 bits per heavy atom. The molecule has 0 fully saturated rings.